The fraction of sp³-hybridized carbons (Fsp3) is 0.262. The van der Waals surface area contributed by atoms with E-state index in [1.54, 1.807) is 6.92 Å². The summed E-state index contributed by atoms with van der Waals surface area (Å²) in [6, 6.07) is 43.5. The second-order valence-corrected chi connectivity index (χ2v) is 10.5. The molecule has 0 amide bonds. The van der Waals surface area contributed by atoms with Crippen LogP contribution < -0.4 is 0 Å². The molecule has 0 fully saturated rings. The van der Waals surface area contributed by atoms with Gasteiger partial charge in [-0.3, -0.25) is 0 Å². The van der Waals surface area contributed by atoms with E-state index in [4.69, 9.17) is 0 Å². The third kappa shape index (κ3) is 13.1. The first kappa shape index (κ1) is 45.9. The fourth-order valence-corrected chi connectivity index (χ4v) is 5.24. The molecule has 0 saturated carbocycles. The summed E-state index contributed by atoms with van der Waals surface area (Å²) in [5.74, 6) is 0. The Labute approximate surface area is 316 Å². The van der Waals surface area contributed by atoms with E-state index < -0.39 is 0 Å². The molecule has 0 nitrogen and oxygen atoms in total. The van der Waals surface area contributed by atoms with E-state index in [-0.39, 0.29) is 62.0 Å². The minimum absolute atomic E-state index is 0. The number of fused-ring (bicyclic) bond motifs is 2. The Morgan fingerprint density at radius 3 is 1.15 bits per heavy atom. The van der Waals surface area contributed by atoms with Gasteiger partial charge in [0.1, 0.15) is 0 Å². The minimum atomic E-state index is 0. The van der Waals surface area contributed by atoms with E-state index in [1.807, 2.05) is 0 Å². The Bertz CT molecular complexity index is 1460. The van der Waals surface area contributed by atoms with Gasteiger partial charge in [0.2, 0.25) is 0 Å². The summed E-state index contributed by atoms with van der Waals surface area (Å²) in [5.41, 5.74) is 8.11. The van der Waals surface area contributed by atoms with Crippen LogP contribution in [0.15, 0.2) is 121 Å². The van der Waals surface area contributed by atoms with Crippen LogP contribution in [0.1, 0.15) is 71.4 Å². The molecule has 6 aromatic rings. The van der Waals surface area contributed by atoms with Crippen molar-refractivity contribution in [3.63, 3.8) is 0 Å². The molecule has 0 aromatic heterocycles. The molecule has 5 radical (unpaired) electrons. The average Bonchev–Trinajstić information content (AvgIpc) is 3.70. The van der Waals surface area contributed by atoms with Crippen molar-refractivity contribution in [2.75, 3.05) is 0 Å². The SMILES string of the molecule is CCCCCC.CCc1cc2c(-c3ccccc3)cccc2[cH-]1.CCc1cc2c(-c3ccccc3)cccc2[cH-]1.Cl.Cl.[CH2-]C.[Si].[Zr+3]. The first-order chi connectivity index (χ1) is 20.7. The van der Waals surface area contributed by atoms with Crippen molar-refractivity contribution in [3.05, 3.63) is 139 Å². The standard InChI is InChI=1S/2C17H15.C6H14.C2H5.2ClH.Si.Zr/c2*1-2-13-11-15-9-6-10-16(17(15)12-13)14-7-4-3-5-8-14;1-3-5-6-4-2;1-2;;;;/h2*3-12H,2H2,1H3;3-6H2,1-2H3;1H2,2H3;2*1H;;/q2*-1;;-1;;;;+3. The van der Waals surface area contributed by atoms with E-state index in [9.17, 15) is 0 Å². The topological polar surface area (TPSA) is 0 Å². The maximum absolute atomic E-state index is 3.25. The van der Waals surface area contributed by atoms with E-state index in [0.29, 0.717) is 0 Å². The van der Waals surface area contributed by atoms with Crippen LogP contribution in [-0.2, 0) is 39.0 Å². The zero-order valence-electron chi connectivity index (χ0n) is 28.3. The Hall–Kier alpha value is -2.22. The van der Waals surface area contributed by atoms with E-state index >= 15 is 0 Å². The molecule has 0 unspecified atom stereocenters. The van der Waals surface area contributed by atoms with Gasteiger partial charge < -0.3 is 6.92 Å². The molecule has 241 valence electrons. The predicted molar refractivity (Wildman–Crippen MR) is 210 cm³/mol. The molecule has 6 aromatic carbocycles. The van der Waals surface area contributed by atoms with E-state index in [2.05, 4.69) is 156 Å². The van der Waals surface area contributed by atoms with Crippen LogP contribution in [0, 0.1) is 6.92 Å². The molecule has 0 bridgehead atoms. The summed E-state index contributed by atoms with van der Waals surface area (Å²) >= 11 is 0. The quantitative estimate of drug-likeness (QED) is 0.0867. The fourth-order valence-electron chi connectivity index (χ4n) is 5.24. The maximum Gasteiger partial charge on any atom is 3.00 e. The average molecular weight is 746 g/mol. The normalized spacial score (nSPS) is 9.35. The maximum atomic E-state index is 3.25. The van der Waals surface area contributed by atoms with E-state index in [0.717, 1.165) is 12.8 Å². The number of aryl methyl sites for hydroxylation is 2. The molecule has 46 heavy (non-hydrogen) atoms. The first-order valence-electron chi connectivity index (χ1n) is 15.9. The minimum Gasteiger partial charge on any atom is -0.346 e. The zero-order chi connectivity index (χ0) is 30.2. The van der Waals surface area contributed by atoms with Gasteiger partial charge in [-0.2, -0.15) is 19.1 Å². The van der Waals surface area contributed by atoms with Gasteiger partial charge in [-0.25, -0.2) is 0 Å². The Morgan fingerprint density at radius 1 is 0.500 bits per heavy atom. The Balaban J connectivity index is 0. The van der Waals surface area contributed by atoms with Crippen molar-refractivity contribution in [3.8, 4) is 22.3 Å². The summed E-state index contributed by atoms with van der Waals surface area (Å²) in [5, 5.41) is 5.44. The molecule has 0 aliphatic rings. The van der Waals surface area contributed by atoms with Gasteiger partial charge >= 0.3 is 26.2 Å². The van der Waals surface area contributed by atoms with Crippen molar-refractivity contribution in [1.29, 1.82) is 0 Å². The monoisotopic (exact) mass is 743 g/mol. The number of hydrogen-bond donors (Lipinski definition) is 0. The number of rotatable bonds is 7. The molecule has 0 heterocycles. The third-order valence-corrected chi connectivity index (χ3v) is 7.56. The molecule has 4 heteroatoms. The van der Waals surface area contributed by atoms with Gasteiger partial charge in [0.05, 0.1) is 0 Å². The first-order valence-corrected chi connectivity index (χ1v) is 15.9. The molecule has 0 aliphatic heterocycles. The largest absolute Gasteiger partial charge is 3.00 e. The number of hydrogen-bond acceptors (Lipinski definition) is 0. The Morgan fingerprint density at radius 2 is 0.848 bits per heavy atom. The van der Waals surface area contributed by atoms with Crippen molar-refractivity contribution >= 4 is 57.3 Å². The van der Waals surface area contributed by atoms with Gasteiger partial charge in [-0.15, -0.1) is 93.9 Å². The Kier molecular flexibility index (Phi) is 25.8. The van der Waals surface area contributed by atoms with Crippen molar-refractivity contribution in [1.82, 2.24) is 0 Å². The van der Waals surface area contributed by atoms with Gasteiger partial charge in [0.25, 0.3) is 0 Å². The molecule has 0 spiro atoms. The summed E-state index contributed by atoms with van der Waals surface area (Å²) < 4.78 is 0. The smallest absolute Gasteiger partial charge is 0.346 e. The molecule has 0 aliphatic carbocycles. The van der Waals surface area contributed by atoms with Crippen LogP contribution in [0.3, 0.4) is 0 Å². The molecular formula is C42H51Cl2SiZr. The predicted octanol–water partition coefficient (Wildman–Crippen LogP) is 13.5. The van der Waals surface area contributed by atoms with Crippen LogP contribution in [-0.4, -0.2) is 11.0 Å². The van der Waals surface area contributed by atoms with Gasteiger partial charge in [-0.1, -0.05) is 137 Å². The van der Waals surface area contributed by atoms with Crippen molar-refractivity contribution in [2.24, 2.45) is 0 Å². The summed E-state index contributed by atoms with van der Waals surface area (Å²) in [7, 11) is 0. The molecule has 0 atom stereocenters. The molecule has 0 N–H and O–H groups in total. The third-order valence-electron chi connectivity index (χ3n) is 7.56. The van der Waals surface area contributed by atoms with Crippen LogP contribution >= 0.6 is 24.8 Å². The summed E-state index contributed by atoms with van der Waals surface area (Å²) in [6.07, 6.45) is 7.74. The molecule has 6 rings (SSSR count). The van der Waals surface area contributed by atoms with Crippen LogP contribution in [0.25, 0.3) is 43.8 Å². The van der Waals surface area contributed by atoms with Crippen molar-refractivity contribution < 1.29 is 26.2 Å². The summed E-state index contributed by atoms with van der Waals surface area (Å²) in [4.78, 5) is 0. The number of benzene rings is 4. The zero-order valence-corrected chi connectivity index (χ0v) is 33.4. The van der Waals surface area contributed by atoms with Gasteiger partial charge in [-0.05, 0) is 24.0 Å². The number of halogens is 2. The second kappa shape index (κ2) is 25.8. The molecule has 0 saturated heterocycles. The van der Waals surface area contributed by atoms with E-state index in [1.165, 1.54) is 80.6 Å². The van der Waals surface area contributed by atoms with Crippen LogP contribution in [0.5, 0.6) is 0 Å². The number of unbranched alkanes of at least 4 members (excludes halogenated alkanes) is 3. The second-order valence-electron chi connectivity index (χ2n) is 10.5. The molecular weight excluding hydrogens is 695 g/mol. The van der Waals surface area contributed by atoms with Gasteiger partial charge in [0, 0.05) is 11.0 Å². The van der Waals surface area contributed by atoms with Crippen LogP contribution in [0.2, 0.25) is 0 Å². The van der Waals surface area contributed by atoms with Crippen LogP contribution in [0.4, 0.5) is 0 Å². The van der Waals surface area contributed by atoms with Gasteiger partial charge in [0.15, 0.2) is 0 Å². The van der Waals surface area contributed by atoms with Crippen molar-refractivity contribution in [2.45, 2.75) is 73.1 Å². The summed E-state index contributed by atoms with van der Waals surface area (Å²) in [6.45, 7) is 13.9.